The van der Waals surface area contributed by atoms with Crippen molar-refractivity contribution in [3.63, 3.8) is 0 Å². The molecule has 3 aromatic heterocycles. The molecular formula is C38H22N2OS2. The van der Waals surface area contributed by atoms with Crippen molar-refractivity contribution < 1.29 is 4.42 Å². The van der Waals surface area contributed by atoms with Crippen molar-refractivity contribution in [2.75, 3.05) is 0 Å². The van der Waals surface area contributed by atoms with E-state index in [1.165, 1.54) is 62.6 Å². The maximum atomic E-state index is 6.15. The molecule has 0 fully saturated rings. The van der Waals surface area contributed by atoms with Gasteiger partial charge in [-0.15, -0.1) is 32.9 Å². The van der Waals surface area contributed by atoms with Crippen molar-refractivity contribution in [3.05, 3.63) is 133 Å². The van der Waals surface area contributed by atoms with Gasteiger partial charge in [0, 0.05) is 51.5 Å². The Labute approximate surface area is 255 Å². The number of benzene rings is 6. The minimum atomic E-state index is 0.515. The Morgan fingerprint density at radius 1 is 0.372 bits per heavy atom. The van der Waals surface area contributed by atoms with E-state index in [0.717, 1.165) is 11.1 Å². The highest BCUT2D eigenvalue weighted by Gasteiger charge is 2.14. The molecule has 0 N–H and O–H groups in total. The molecule has 0 atom stereocenters. The highest BCUT2D eigenvalue weighted by molar-refractivity contribution is 7.26. The maximum absolute atomic E-state index is 6.15. The Morgan fingerprint density at radius 2 is 0.767 bits per heavy atom. The summed E-state index contributed by atoms with van der Waals surface area (Å²) in [4.78, 5) is 0. The van der Waals surface area contributed by atoms with Gasteiger partial charge in [-0.2, -0.15) is 0 Å². The van der Waals surface area contributed by atoms with Gasteiger partial charge >= 0.3 is 0 Å². The first-order valence-corrected chi connectivity index (χ1v) is 15.8. The zero-order valence-corrected chi connectivity index (χ0v) is 24.5. The van der Waals surface area contributed by atoms with Crippen molar-refractivity contribution >= 4 is 63.0 Å². The fourth-order valence-electron chi connectivity index (χ4n) is 5.99. The fourth-order valence-corrected chi connectivity index (χ4v) is 8.47. The van der Waals surface area contributed by atoms with Crippen LogP contribution in [0.3, 0.4) is 0 Å². The molecule has 0 radical (unpaired) electrons. The van der Waals surface area contributed by atoms with Gasteiger partial charge in [-0.25, -0.2) is 0 Å². The first kappa shape index (κ1) is 24.5. The number of hydrogen-bond acceptors (Lipinski definition) is 5. The van der Waals surface area contributed by atoms with E-state index in [9.17, 15) is 0 Å². The summed E-state index contributed by atoms with van der Waals surface area (Å²) < 4.78 is 11.4. The topological polar surface area (TPSA) is 38.9 Å². The SMILES string of the molecule is c1ccc2c(c1)sc1c(-c3ccc(-c4nnc(-c5ccc(-c6cccc7c6sc6ccccc67)cc5)o4)cc3)cccc12. The number of thiophene rings is 2. The molecule has 9 rings (SSSR count). The van der Waals surface area contributed by atoms with Gasteiger partial charge in [0.1, 0.15) is 0 Å². The summed E-state index contributed by atoms with van der Waals surface area (Å²) in [6, 6.07) is 47.1. The van der Waals surface area contributed by atoms with Crippen LogP contribution in [0.2, 0.25) is 0 Å². The molecule has 0 aliphatic rings. The second kappa shape index (κ2) is 9.73. The minimum Gasteiger partial charge on any atom is -0.416 e. The molecule has 0 saturated carbocycles. The maximum Gasteiger partial charge on any atom is 0.248 e. The highest BCUT2D eigenvalue weighted by atomic mass is 32.1. The summed E-state index contributed by atoms with van der Waals surface area (Å²) in [7, 11) is 0. The number of aromatic nitrogens is 2. The van der Waals surface area contributed by atoms with Crippen molar-refractivity contribution in [1.29, 1.82) is 0 Å². The molecule has 0 aliphatic heterocycles. The van der Waals surface area contributed by atoms with Crippen LogP contribution in [-0.2, 0) is 0 Å². The van der Waals surface area contributed by atoms with Gasteiger partial charge in [0.25, 0.3) is 0 Å². The van der Waals surface area contributed by atoms with Gasteiger partial charge in [-0.05, 0) is 58.7 Å². The standard InChI is InChI=1S/C38H22N2OS2/c1-3-13-33-29(7-1)31-11-5-9-27(35(31)42-33)23-15-19-25(20-16-23)37-39-40-38(41-37)26-21-17-24(18-22-26)28-10-6-12-32-30-8-2-4-14-34(30)43-36(28)32/h1-22H. The summed E-state index contributed by atoms with van der Waals surface area (Å²) in [6.45, 7) is 0. The van der Waals surface area contributed by atoms with Gasteiger partial charge in [0.15, 0.2) is 0 Å². The van der Waals surface area contributed by atoms with E-state index in [-0.39, 0.29) is 0 Å². The lowest BCUT2D eigenvalue weighted by Gasteiger charge is -2.05. The smallest absolute Gasteiger partial charge is 0.248 e. The number of rotatable bonds is 4. The lowest BCUT2D eigenvalue weighted by Crippen LogP contribution is -1.81. The predicted molar refractivity (Wildman–Crippen MR) is 182 cm³/mol. The van der Waals surface area contributed by atoms with E-state index in [4.69, 9.17) is 4.42 Å². The third kappa shape index (κ3) is 4.01. The molecule has 9 aromatic rings. The Bertz CT molecular complexity index is 2280. The number of fused-ring (bicyclic) bond motifs is 6. The van der Waals surface area contributed by atoms with Crippen molar-refractivity contribution in [2.24, 2.45) is 0 Å². The van der Waals surface area contributed by atoms with Gasteiger partial charge in [-0.1, -0.05) is 97.1 Å². The first-order chi connectivity index (χ1) is 21.3. The zero-order valence-electron chi connectivity index (χ0n) is 22.8. The molecule has 0 unspecified atom stereocenters. The quantitative estimate of drug-likeness (QED) is 0.206. The average Bonchev–Trinajstić information content (AvgIpc) is 3.81. The molecule has 5 heteroatoms. The van der Waals surface area contributed by atoms with Crippen LogP contribution in [0.15, 0.2) is 138 Å². The van der Waals surface area contributed by atoms with E-state index >= 15 is 0 Å². The number of hydrogen-bond donors (Lipinski definition) is 0. The van der Waals surface area contributed by atoms with E-state index in [0.29, 0.717) is 11.8 Å². The van der Waals surface area contributed by atoms with Crippen LogP contribution < -0.4 is 0 Å². The normalized spacial score (nSPS) is 11.7. The van der Waals surface area contributed by atoms with E-state index in [1.54, 1.807) is 0 Å². The van der Waals surface area contributed by atoms with Gasteiger partial charge in [-0.3, -0.25) is 0 Å². The highest BCUT2D eigenvalue weighted by Crippen LogP contribution is 2.41. The Balaban J connectivity index is 1.01. The molecule has 0 amide bonds. The molecule has 3 heterocycles. The second-order valence-electron chi connectivity index (χ2n) is 10.6. The van der Waals surface area contributed by atoms with E-state index in [2.05, 4.69) is 144 Å². The fraction of sp³-hybridized carbons (Fsp3) is 0. The van der Waals surface area contributed by atoms with Crippen LogP contribution in [0.25, 0.3) is 85.5 Å². The van der Waals surface area contributed by atoms with Crippen molar-refractivity contribution in [1.82, 2.24) is 10.2 Å². The molecule has 0 spiro atoms. The van der Waals surface area contributed by atoms with Crippen LogP contribution in [0.4, 0.5) is 0 Å². The average molecular weight is 587 g/mol. The summed E-state index contributed by atoms with van der Waals surface area (Å²) in [5.41, 5.74) is 6.62. The second-order valence-corrected chi connectivity index (χ2v) is 12.7. The van der Waals surface area contributed by atoms with Crippen LogP contribution in [0, 0.1) is 0 Å². The monoisotopic (exact) mass is 586 g/mol. The van der Waals surface area contributed by atoms with Crippen LogP contribution >= 0.6 is 22.7 Å². The largest absolute Gasteiger partial charge is 0.416 e. The lowest BCUT2D eigenvalue weighted by atomic mass is 10.0. The summed E-state index contributed by atoms with van der Waals surface area (Å²) in [5.74, 6) is 1.03. The molecule has 0 bridgehead atoms. The van der Waals surface area contributed by atoms with Gasteiger partial charge in [0.05, 0.1) is 0 Å². The summed E-state index contributed by atoms with van der Waals surface area (Å²) in [5, 5.41) is 14.0. The summed E-state index contributed by atoms with van der Waals surface area (Å²) >= 11 is 3.69. The third-order valence-corrected chi connectivity index (χ3v) is 10.6. The molecule has 0 saturated heterocycles. The molecule has 6 aromatic carbocycles. The minimum absolute atomic E-state index is 0.515. The van der Waals surface area contributed by atoms with Crippen molar-refractivity contribution in [2.45, 2.75) is 0 Å². The van der Waals surface area contributed by atoms with Gasteiger partial charge < -0.3 is 4.42 Å². The third-order valence-electron chi connectivity index (χ3n) is 8.12. The lowest BCUT2D eigenvalue weighted by molar-refractivity contribution is 0.584. The Morgan fingerprint density at radius 3 is 1.23 bits per heavy atom. The van der Waals surface area contributed by atoms with E-state index in [1.807, 2.05) is 22.7 Å². The zero-order chi connectivity index (χ0) is 28.3. The van der Waals surface area contributed by atoms with Crippen LogP contribution in [-0.4, -0.2) is 10.2 Å². The number of nitrogens with zero attached hydrogens (tertiary/aromatic N) is 2. The molecule has 202 valence electrons. The van der Waals surface area contributed by atoms with Crippen molar-refractivity contribution in [3.8, 4) is 45.2 Å². The Hall–Kier alpha value is -5.10. The van der Waals surface area contributed by atoms with Crippen LogP contribution in [0.1, 0.15) is 0 Å². The summed E-state index contributed by atoms with van der Waals surface area (Å²) in [6.07, 6.45) is 0. The molecular weight excluding hydrogens is 565 g/mol. The van der Waals surface area contributed by atoms with E-state index < -0.39 is 0 Å². The first-order valence-electron chi connectivity index (χ1n) is 14.2. The van der Waals surface area contributed by atoms with Gasteiger partial charge in [0.2, 0.25) is 11.8 Å². The molecule has 3 nitrogen and oxygen atoms in total. The predicted octanol–water partition coefficient (Wildman–Crippen LogP) is 11.5. The van der Waals surface area contributed by atoms with Crippen LogP contribution in [0.5, 0.6) is 0 Å². The molecule has 43 heavy (non-hydrogen) atoms. The molecule has 0 aliphatic carbocycles. The Kier molecular flexibility index (Phi) is 5.54.